The van der Waals surface area contributed by atoms with Crippen LogP contribution in [0.3, 0.4) is 0 Å². The Morgan fingerprint density at radius 1 is 1.46 bits per heavy atom. The molecule has 2 atom stereocenters. The molecule has 1 aromatic heterocycles. The molecule has 1 N–H and O–H groups in total. The summed E-state index contributed by atoms with van der Waals surface area (Å²) in [6, 6.07) is 4.43. The van der Waals surface area contributed by atoms with Crippen LogP contribution in [0.4, 0.5) is 0 Å². The molecule has 0 bridgehead atoms. The molecule has 0 spiro atoms. The third-order valence-electron chi connectivity index (χ3n) is 4.13. The Labute approximate surface area is 146 Å². The minimum absolute atomic E-state index is 0.238. The first kappa shape index (κ1) is 17.4. The van der Waals surface area contributed by atoms with Crippen molar-refractivity contribution in [2.75, 3.05) is 6.61 Å². The molecule has 0 aliphatic carbocycles. The third-order valence-corrected chi connectivity index (χ3v) is 6.02. The van der Waals surface area contributed by atoms with Gasteiger partial charge in [0, 0.05) is 29.9 Å². The fraction of sp³-hybridized carbons (Fsp3) is 0.438. The zero-order valence-electron chi connectivity index (χ0n) is 13.6. The van der Waals surface area contributed by atoms with Crippen LogP contribution in [0.5, 0.6) is 0 Å². The number of hydrogen-bond donors (Lipinski definition) is 1. The van der Waals surface area contributed by atoms with Gasteiger partial charge in [-0.1, -0.05) is 11.6 Å². The highest BCUT2D eigenvalue weighted by Gasteiger charge is 2.34. The van der Waals surface area contributed by atoms with Crippen LogP contribution < -0.4 is 4.72 Å². The van der Waals surface area contributed by atoms with Crippen molar-refractivity contribution in [2.24, 2.45) is 0 Å². The van der Waals surface area contributed by atoms with Gasteiger partial charge in [0.05, 0.1) is 17.1 Å². The number of halogens is 1. The highest BCUT2D eigenvalue weighted by Crippen LogP contribution is 2.30. The smallest absolute Gasteiger partial charge is 0.241 e. The van der Waals surface area contributed by atoms with E-state index in [4.69, 9.17) is 16.3 Å². The average Bonchev–Trinajstić information content (AvgIpc) is 3.14. The Kier molecular flexibility index (Phi) is 4.96. The zero-order chi connectivity index (χ0) is 17.3. The Hall–Kier alpha value is -1.41. The minimum Gasteiger partial charge on any atom is -0.372 e. The van der Waals surface area contributed by atoms with E-state index in [1.165, 1.54) is 6.07 Å². The van der Waals surface area contributed by atoms with Gasteiger partial charge in [0.1, 0.15) is 6.10 Å². The molecular weight excluding hydrogens is 350 g/mol. The molecule has 3 rings (SSSR count). The molecule has 1 saturated heterocycles. The van der Waals surface area contributed by atoms with Crippen molar-refractivity contribution < 1.29 is 13.2 Å². The van der Waals surface area contributed by atoms with Crippen LogP contribution in [0.25, 0.3) is 0 Å². The van der Waals surface area contributed by atoms with Crippen LogP contribution in [0.15, 0.2) is 35.5 Å². The Balaban J connectivity index is 1.83. The molecule has 130 valence electrons. The van der Waals surface area contributed by atoms with Gasteiger partial charge in [-0.15, -0.1) is 0 Å². The number of hydrogen-bond acceptors (Lipinski definition) is 4. The summed E-state index contributed by atoms with van der Waals surface area (Å²) in [5.74, 6) is 0. The largest absolute Gasteiger partial charge is 0.372 e. The molecule has 2 aromatic rings. The van der Waals surface area contributed by atoms with Crippen molar-refractivity contribution in [1.82, 2.24) is 14.5 Å². The molecule has 0 radical (unpaired) electrons. The molecule has 6 nitrogen and oxygen atoms in total. The molecule has 1 aliphatic rings. The van der Waals surface area contributed by atoms with E-state index in [1.807, 2.05) is 13.1 Å². The van der Waals surface area contributed by atoms with E-state index in [2.05, 4.69) is 9.82 Å². The molecule has 1 aromatic carbocycles. The average molecular weight is 370 g/mol. The molecule has 8 heteroatoms. The Morgan fingerprint density at radius 2 is 2.25 bits per heavy atom. The van der Waals surface area contributed by atoms with Crippen LogP contribution in [0.2, 0.25) is 5.02 Å². The minimum atomic E-state index is -3.65. The van der Waals surface area contributed by atoms with Gasteiger partial charge < -0.3 is 4.74 Å². The van der Waals surface area contributed by atoms with E-state index in [1.54, 1.807) is 29.9 Å². The lowest BCUT2D eigenvalue weighted by Crippen LogP contribution is -2.37. The molecule has 1 aliphatic heterocycles. The summed E-state index contributed by atoms with van der Waals surface area (Å²) in [5.41, 5.74) is 1.50. The van der Waals surface area contributed by atoms with Gasteiger partial charge in [-0.05, 0) is 44.0 Å². The van der Waals surface area contributed by atoms with Gasteiger partial charge in [0.2, 0.25) is 10.0 Å². The number of nitrogens with zero attached hydrogens (tertiary/aromatic N) is 2. The quantitative estimate of drug-likeness (QED) is 0.879. The van der Waals surface area contributed by atoms with Crippen LogP contribution in [-0.2, 0) is 21.3 Å². The summed E-state index contributed by atoms with van der Waals surface area (Å²) in [5, 5.41) is 4.75. The second-order valence-corrected chi connectivity index (χ2v) is 7.97. The summed E-state index contributed by atoms with van der Waals surface area (Å²) in [6.45, 7) is 4.99. The van der Waals surface area contributed by atoms with E-state index in [0.717, 1.165) is 12.1 Å². The highest BCUT2D eigenvalue weighted by molar-refractivity contribution is 7.89. The number of benzene rings is 1. The Morgan fingerprint density at radius 3 is 2.92 bits per heavy atom. The molecule has 0 saturated carbocycles. The normalized spacial score (nSPS) is 21.3. The number of aromatic nitrogens is 2. The first-order valence-electron chi connectivity index (χ1n) is 7.83. The third kappa shape index (κ3) is 3.49. The van der Waals surface area contributed by atoms with Crippen molar-refractivity contribution in [3.05, 3.63) is 46.7 Å². The number of ether oxygens (including phenoxy) is 1. The van der Waals surface area contributed by atoms with E-state index in [0.29, 0.717) is 23.6 Å². The fourth-order valence-corrected chi connectivity index (χ4v) is 4.64. The van der Waals surface area contributed by atoms with Gasteiger partial charge in [-0.3, -0.25) is 4.68 Å². The first-order chi connectivity index (χ1) is 11.4. The van der Waals surface area contributed by atoms with Gasteiger partial charge in [-0.2, -0.15) is 5.10 Å². The van der Waals surface area contributed by atoms with Crippen LogP contribution in [0, 0.1) is 6.92 Å². The van der Waals surface area contributed by atoms with E-state index < -0.39 is 10.0 Å². The van der Waals surface area contributed by atoms with Crippen LogP contribution in [0.1, 0.15) is 30.6 Å². The lowest BCUT2D eigenvalue weighted by molar-refractivity contribution is 0.102. The fourth-order valence-electron chi connectivity index (χ4n) is 2.92. The van der Waals surface area contributed by atoms with Gasteiger partial charge in [-0.25, -0.2) is 13.1 Å². The van der Waals surface area contributed by atoms with Crippen LogP contribution in [-0.4, -0.2) is 30.8 Å². The first-order valence-corrected chi connectivity index (χ1v) is 9.69. The predicted molar refractivity (Wildman–Crippen MR) is 91.5 cm³/mol. The summed E-state index contributed by atoms with van der Waals surface area (Å²) in [6.07, 6.45) is 3.92. The number of aryl methyl sites for hydroxylation is 2. The van der Waals surface area contributed by atoms with E-state index in [-0.39, 0.29) is 17.0 Å². The van der Waals surface area contributed by atoms with Crippen molar-refractivity contribution in [3.63, 3.8) is 0 Å². The van der Waals surface area contributed by atoms with E-state index in [9.17, 15) is 8.42 Å². The van der Waals surface area contributed by atoms with Crippen LogP contribution >= 0.6 is 11.6 Å². The highest BCUT2D eigenvalue weighted by atomic mass is 35.5. The molecule has 0 unspecified atom stereocenters. The maximum Gasteiger partial charge on any atom is 0.241 e. The molecular formula is C16H20ClN3O3S. The molecule has 2 heterocycles. The summed E-state index contributed by atoms with van der Waals surface area (Å²) in [4.78, 5) is 0.238. The number of nitrogens with one attached hydrogen (secondary N) is 1. The van der Waals surface area contributed by atoms with Crippen molar-refractivity contribution in [2.45, 2.75) is 43.9 Å². The SMILES string of the molecule is CCn1cc([C@H]2OCC[C@@H]2NS(=O)(=O)c2ccc(Cl)cc2C)cn1. The lowest BCUT2D eigenvalue weighted by atomic mass is 10.1. The van der Waals surface area contributed by atoms with Gasteiger partial charge in [0.15, 0.2) is 0 Å². The van der Waals surface area contributed by atoms with Gasteiger partial charge in [0.25, 0.3) is 0 Å². The summed E-state index contributed by atoms with van der Waals surface area (Å²) >= 11 is 5.91. The zero-order valence-corrected chi connectivity index (χ0v) is 15.1. The van der Waals surface area contributed by atoms with Crippen molar-refractivity contribution >= 4 is 21.6 Å². The van der Waals surface area contributed by atoms with E-state index >= 15 is 0 Å². The molecule has 0 amide bonds. The number of sulfonamides is 1. The Bertz CT molecular complexity index is 835. The monoisotopic (exact) mass is 369 g/mol. The second kappa shape index (κ2) is 6.84. The maximum atomic E-state index is 12.7. The topological polar surface area (TPSA) is 73.2 Å². The van der Waals surface area contributed by atoms with Crippen molar-refractivity contribution in [1.29, 1.82) is 0 Å². The van der Waals surface area contributed by atoms with Gasteiger partial charge >= 0.3 is 0 Å². The maximum absolute atomic E-state index is 12.7. The predicted octanol–water partition coefficient (Wildman–Crippen LogP) is 2.67. The summed E-state index contributed by atoms with van der Waals surface area (Å²) < 4.78 is 35.8. The van der Waals surface area contributed by atoms with Crippen molar-refractivity contribution in [3.8, 4) is 0 Å². The standard InChI is InChI=1S/C16H20ClN3O3S/c1-3-20-10-12(9-18-20)16-14(6-7-23-16)19-24(21,22)15-5-4-13(17)8-11(15)2/h4-5,8-10,14,16,19H,3,6-7H2,1-2H3/t14-,16+/m0/s1. The molecule has 24 heavy (non-hydrogen) atoms. The lowest BCUT2D eigenvalue weighted by Gasteiger charge is -2.19. The summed E-state index contributed by atoms with van der Waals surface area (Å²) in [7, 11) is -3.65. The molecule has 1 fully saturated rings. The second-order valence-electron chi connectivity index (χ2n) is 5.85. The number of rotatable bonds is 5.